The van der Waals surface area contributed by atoms with Crippen LogP contribution in [0.1, 0.15) is 23.5 Å². The second kappa shape index (κ2) is 8.23. The van der Waals surface area contributed by atoms with E-state index >= 15 is 0 Å². The minimum atomic E-state index is -0.961. The highest BCUT2D eigenvalue weighted by Gasteiger charge is 2.35. The molecule has 0 bridgehead atoms. The van der Waals surface area contributed by atoms with Crippen LogP contribution in [0.15, 0.2) is 71.5 Å². The van der Waals surface area contributed by atoms with Gasteiger partial charge in [-0.15, -0.1) is 0 Å². The van der Waals surface area contributed by atoms with Gasteiger partial charge < -0.3 is 16.0 Å². The van der Waals surface area contributed by atoms with Gasteiger partial charge in [-0.3, -0.25) is 19.4 Å². The molecule has 5 rings (SSSR count). The number of aromatic amines is 1. The van der Waals surface area contributed by atoms with Crippen LogP contribution in [0.25, 0.3) is 10.8 Å². The van der Waals surface area contributed by atoms with Crippen molar-refractivity contribution in [1.29, 1.82) is 0 Å². The molecular weight excluding hydrogens is 418 g/mol. The summed E-state index contributed by atoms with van der Waals surface area (Å²) in [5.74, 6) is -1.51. The zero-order valence-corrected chi connectivity index (χ0v) is 17.8. The Morgan fingerprint density at radius 1 is 1.00 bits per heavy atom. The molecule has 0 fully saturated rings. The summed E-state index contributed by atoms with van der Waals surface area (Å²) in [5, 5.41) is 10.4. The van der Waals surface area contributed by atoms with Crippen molar-refractivity contribution in [1.82, 2.24) is 9.97 Å². The number of aryl methyl sites for hydroxylation is 1. The van der Waals surface area contributed by atoms with Crippen molar-refractivity contribution in [2.24, 2.45) is 0 Å². The van der Waals surface area contributed by atoms with E-state index in [1.54, 1.807) is 6.07 Å². The normalized spacial score (nSPS) is 14.9. The molecular formula is C25H21N5O3. The highest BCUT2D eigenvalue weighted by Crippen LogP contribution is 2.31. The van der Waals surface area contributed by atoms with Crippen LogP contribution in [0.4, 0.5) is 23.1 Å². The summed E-state index contributed by atoms with van der Waals surface area (Å²) >= 11 is 0. The van der Waals surface area contributed by atoms with E-state index in [1.807, 2.05) is 67.6 Å². The van der Waals surface area contributed by atoms with Crippen molar-refractivity contribution in [3.8, 4) is 0 Å². The summed E-state index contributed by atoms with van der Waals surface area (Å²) in [7, 11) is 0. The van der Waals surface area contributed by atoms with Crippen molar-refractivity contribution in [2.45, 2.75) is 19.3 Å². The highest BCUT2D eigenvalue weighted by molar-refractivity contribution is 6.08. The maximum Gasteiger partial charge on any atom is 0.258 e. The third kappa shape index (κ3) is 4.06. The fourth-order valence-corrected chi connectivity index (χ4v) is 3.98. The zero-order chi connectivity index (χ0) is 22.9. The molecule has 2 heterocycles. The van der Waals surface area contributed by atoms with Gasteiger partial charge in [0.25, 0.3) is 5.56 Å². The molecule has 33 heavy (non-hydrogen) atoms. The second-order valence-corrected chi connectivity index (χ2v) is 7.99. The fourth-order valence-electron chi connectivity index (χ4n) is 3.98. The number of hydrogen-bond donors (Lipinski definition) is 4. The van der Waals surface area contributed by atoms with Crippen LogP contribution < -0.4 is 21.5 Å². The molecule has 8 nitrogen and oxygen atoms in total. The Labute approximate surface area is 189 Å². The van der Waals surface area contributed by atoms with Crippen LogP contribution in [0.5, 0.6) is 0 Å². The number of amides is 2. The lowest BCUT2D eigenvalue weighted by Gasteiger charge is -2.24. The summed E-state index contributed by atoms with van der Waals surface area (Å²) in [6.07, 6.45) is -0.140. The van der Waals surface area contributed by atoms with Crippen LogP contribution in [0.3, 0.4) is 0 Å². The summed E-state index contributed by atoms with van der Waals surface area (Å²) in [5.41, 5.74) is 2.11. The van der Waals surface area contributed by atoms with E-state index in [2.05, 4.69) is 25.9 Å². The van der Waals surface area contributed by atoms with Gasteiger partial charge in [0.2, 0.25) is 17.8 Å². The number of nitrogens with zero attached hydrogens (tertiary/aromatic N) is 1. The molecule has 0 aliphatic carbocycles. The zero-order valence-electron chi connectivity index (χ0n) is 17.8. The molecule has 164 valence electrons. The lowest BCUT2D eigenvalue weighted by molar-refractivity contribution is -0.123. The minimum Gasteiger partial charge on any atom is -0.326 e. The molecule has 0 spiro atoms. The Kier molecular flexibility index (Phi) is 5.10. The number of nitrogens with one attached hydrogen (secondary N) is 4. The Bertz CT molecular complexity index is 1440. The van der Waals surface area contributed by atoms with Crippen LogP contribution in [0, 0.1) is 6.92 Å². The molecule has 1 aliphatic rings. The molecule has 4 N–H and O–H groups in total. The molecule has 0 radical (unpaired) electrons. The predicted molar refractivity (Wildman–Crippen MR) is 128 cm³/mol. The van der Waals surface area contributed by atoms with Gasteiger partial charge in [0.1, 0.15) is 5.82 Å². The maximum absolute atomic E-state index is 13.2. The number of anilines is 4. The molecule has 0 saturated carbocycles. The third-order valence-electron chi connectivity index (χ3n) is 5.63. The number of carbonyl (C=O) groups is 2. The van der Waals surface area contributed by atoms with Crippen molar-refractivity contribution < 1.29 is 9.59 Å². The SMILES string of the molecule is Cc1ccc(Nc2nc3c(c(=O)[nH]2)[C@H](C(=O)Nc2cccc4ccccc24)CC(=O)N3)cc1. The first-order chi connectivity index (χ1) is 16.0. The number of carbonyl (C=O) groups excluding carboxylic acids is 2. The Hall–Kier alpha value is -4.46. The summed E-state index contributed by atoms with van der Waals surface area (Å²) in [6, 6.07) is 20.8. The number of H-pyrrole nitrogens is 1. The smallest absolute Gasteiger partial charge is 0.258 e. The lowest BCUT2D eigenvalue weighted by atomic mass is 9.92. The van der Waals surface area contributed by atoms with Crippen molar-refractivity contribution in [3.05, 3.63) is 88.2 Å². The van der Waals surface area contributed by atoms with Crippen molar-refractivity contribution >= 4 is 45.7 Å². The second-order valence-electron chi connectivity index (χ2n) is 7.99. The Morgan fingerprint density at radius 2 is 1.76 bits per heavy atom. The van der Waals surface area contributed by atoms with Crippen LogP contribution >= 0.6 is 0 Å². The summed E-state index contributed by atoms with van der Waals surface area (Å²) < 4.78 is 0. The molecule has 1 aliphatic heterocycles. The average Bonchev–Trinajstić information content (AvgIpc) is 2.80. The molecule has 3 aromatic carbocycles. The predicted octanol–water partition coefficient (Wildman–Crippen LogP) is 4.04. The van der Waals surface area contributed by atoms with Gasteiger partial charge in [-0.25, -0.2) is 0 Å². The van der Waals surface area contributed by atoms with Gasteiger partial charge in [-0.1, -0.05) is 54.1 Å². The van der Waals surface area contributed by atoms with Crippen LogP contribution in [0.2, 0.25) is 0 Å². The van der Waals surface area contributed by atoms with Gasteiger partial charge in [0, 0.05) is 23.2 Å². The standard InChI is InChI=1S/C25H21N5O3/c1-14-9-11-16(12-10-14)26-25-29-22-21(24(33)30-25)18(13-20(31)28-22)23(32)27-19-8-4-6-15-5-2-3-7-17(15)19/h2-12,18H,13H2,1H3,(H,27,32)(H3,26,28,29,30,31,33)/t18-/m1/s1. The number of fused-ring (bicyclic) bond motifs is 2. The van der Waals surface area contributed by atoms with E-state index in [4.69, 9.17) is 0 Å². The number of benzene rings is 3. The Morgan fingerprint density at radius 3 is 2.58 bits per heavy atom. The first-order valence-corrected chi connectivity index (χ1v) is 10.5. The van der Waals surface area contributed by atoms with E-state index in [9.17, 15) is 14.4 Å². The monoisotopic (exact) mass is 439 g/mol. The van der Waals surface area contributed by atoms with Crippen molar-refractivity contribution in [2.75, 3.05) is 16.0 Å². The maximum atomic E-state index is 13.2. The van der Waals surface area contributed by atoms with Crippen molar-refractivity contribution in [3.63, 3.8) is 0 Å². The topological polar surface area (TPSA) is 116 Å². The number of aromatic nitrogens is 2. The molecule has 1 aromatic heterocycles. The molecule has 0 unspecified atom stereocenters. The van der Waals surface area contributed by atoms with E-state index in [-0.39, 0.29) is 29.7 Å². The highest BCUT2D eigenvalue weighted by atomic mass is 16.2. The van der Waals surface area contributed by atoms with Crippen LogP contribution in [-0.2, 0) is 9.59 Å². The average molecular weight is 439 g/mol. The third-order valence-corrected chi connectivity index (χ3v) is 5.63. The molecule has 0 saturated heterocycles. The number of hydrogen-bond acceptors (Lipinski definition) is 5. The molecule has 2 amide bonds. The van der Waals surface area contributed by atoms with E-state index in [0.717, 1.165) is 22.0 Å². The van der Waals surface area contributed by atoms with E-state index in [1.165, 1.54) is 0 Å². The molecule has 8 heteroatoms. The first kappa shape index (κ1) is 20.4. The van der Waals surface area contributed by atoms with Gasteiger partial charge in [-0.2, -0.15) is 4.98 Å². The summed E-state index contributed by atoms with van der Waals surface area (Å²) in [6.45, 7) is 1.97. The van der Waals surface area contributed by atoms with E-state index in [0.29, 0.717) is 5.69 Å². The van der Waals surface area contributed by atoms with Crippen LogP contribution in [-0.4, -0.2) is 21.8 Å². The largest absolute Gasteiger partial charge is 0.326 e. The fraction of sp³-hybridized carbons (Fsp3) is 0.120. The molecule has 1 atom stereocenters. The number of rotatable bonds is 4. The minimum absolute atomic E-state index is 0.0858. The first-order valence-electron chi connectivity index (χ1n) is 10.5. The van der Waals surface area contributed by atoms with Gasteiger partial charge in [0.05, 0.1) is 11.5 Å². The van der Waals surface area contributed by atoms with Gasteiger partial charge >= 0.3 is 0 Å². The molecule has 4 aromatic rings. The van der Waals surface area contributed by atoms with Gasteiger partial charge in [-0.05, 0) is 30.5 Å². The van der Waals surface area contributed by atoms with Gasteiger partial charge in [0.15, 0.2) is 0 Å². The quantitative estimate of drug-likeness (QED) is 0.383. The Balaban J connectivity index is 1.46. The van der Waals surface area contributed by atoms with E-state index < -0.39 is 17.4 Å². The lowest BCUT2D eigenvalue weighted by Crippen LogP contribution is -2.36. The summed E-state index contributed by atoms with van der Waals surface area (Å²) in [4.78, 5) is 45.5.